The smallest absolute Gasteiger partial charge is 0.407 e. The van der Waals surface area contributed by atoms with Gasteiger partial charge in [0.05, 0.1) is 5.41 Å². The summed E-state index contributed by atoms with van der Waals surface area (Å²) in [5.74, 6) is -1.08. The first-order valence-electron chi connectivity index (χ1n) is 12.1. The van der Waals surface area contributed by atoms with Gasteiger partial charge in [0.15, 0.2) is 0 Å². The average molecular weight is 479 g/mol. The highest BCUT2D eigenvalue weighted by molar-refractivity contribution is 5.86. The van der Waals surface area contributed by atoms with Crippen LogP contribution >= 0.6 is 0 Å². The van der Waals surface area contributed by atoms with E-state index in [0.717, 1.165) is 22.3 Å². The van der Waals surface area contributed by atoms with E-state index in [4.69, 9.17) is 9.47 Å². The Labute approximate surface area is 204 Å². The largest absolute Gasteiger partial charge is 0.481 e. The molecule has 2 saturated carbocycles. The van der Waals surface area contributed by atoms with E-state index in [1.54, 1.807) is 0 Å². The Kier molecular flexibility index (Phi) is 6.23. The molecule has 8 heteroatoms. The van der Waals surface area contributed by atoms with Crippen molar-refractivity contribution >= 4 is 18.0 Å². The van der Waals surface area contributed by atoms with E-state index in [-0.39, 0.29) is 43.4 Å². The fourth-order valence-corrected chi connectivity index (χ4v) is 5.85. The van der Waals surface area contributed by atoms with Crippen LogP contribution in [0.25, 0.3) is 11.1 Å². The first-order chi connectivity index (χ1) is 16.9. The SMILES string of the molecule is COCCC(NC(=O)OCC1c2ccccc2-c2ccccc21)C(=O)NC1CC2CC2(C(=O)O)C1. The fourth-order valence-electron chi connectivity index (χ4n) is 5.85. The molecule has 3 N–H and O–H groups in total. The number of carbonyl (C=O) groups is 3. The molecule has 0 aromatic heterocycles. The molecule has 0 heterocycles. The van der Waals surface area contributed by atoms with Crippen LogP contribution in [-0.4, -0.2) is 55.5 Å². The number of fused-ring (bicyclic) bond motifs is 4. The lowest BCUT2D eigenvalue weighted by Gasteiger charge is -2.22. The molecule has 2 aromatic carbocycles. The topological polar surface area (TPSA) is 114 Å². The number of hydrogen-bond donors (Lipinski definition) is 3. The molecule has 0 radical (unpaired) electrons. The van der Waals surface area contributed by atoms with Gasteiger partial charge < -0.3 is 25.2 Å². The monoisotopic (exact) mass is 478 g/mol. The van der Waals surface area contributed by atoms with Crippen LogP contribution < -0.4 is 10.6 Å². The van der Waals surface area contributed by atoms with Crippen molar-refractivity contribution in [3.8, 4) is 11.1 Å². The van der Waals surface area contributed by atoms with Gasteiger partial charge in [0, 0.05) is 32.1 Å². The summed E-state index contributed by atoms with van der Waals surface area (Å²) < 4.78 is 10.7. The van der Waals surface area contributed by atoms with Crippen LogP contribution in [0.4, 0.5) is 4.79 Å². The zero-order valence-corrected chi connectivity index (χ0v) is 19.7. The summed E-state index contributed by atoms with van der Waals surface area (Å²) in [4.78, 5) is 37.2. The van der Waals surface area contributed by atoms with Crippen LogP contribution in [0.3, 0.4) is 0 Å². The third-order valence-corrected chi connectivity index (χ3v) is 7.75. The summed E-state index contributed by atoms with van der Waals surface area (Å²) in [6, 6.07) is 15.2. The molecule has 2 aromatic rings. The standard InChI is InChI=1S/C27H30N2O6/c1-34-11-10-23(24(30)28-17-12-16-13-27(16,14-17)25(31)32)29-26(33)35-15-22-20-8-4-2-6-18(20)19-7-3-5-9-21(19)22/h2-9,16-17,22-23H,10-15H2,1H3,(H,28,30)(H,29,33)(H,31,32). The van der Waals surface area contributed by atoms with E-state index in [9.17, 15) is 19.5 Å². The Morgan fingerprint density at radius 3 is 2.31 bits per heavy atom. The summed E-state index contributed by atoms with van der Waals surface area (Å²) >= 11 is 0. The van der Waals surface area contributed by atoms with Crippen molar-refractivity contribution in [1.82, 2.24) is 10.6 Å². The summed E-state index contributed by atoms with van der Waals surface area (Å²) in [6.07, 6.45) is 1.38. The second kappa shape index (κ2) is 9.34. The number of aliphatic carboxylic acids is 1. The van der Waals surface area contributed by atoms with Crippen LogP contribution in [-0.2, 0) is 19.1 Å². The van der Waals surface area contributed by atoms with Gasteiger partial charge in [-0.15, -0.1) is 0 Å². The Morgan fingerprint density at radius 2 is 1.71 bits per heavy atom. The summed E-state index contributed by atoms with van der Waals surface area (Å²) in [5.41, 5.74) is 3.83. The molecule has 0 bridgehead atoms. The van der Waals surface area contributed by atoms with E-state index >= 15 is 0 Å². The number of amides is 2. The number of benzene rings is 2. The van der Waals surface area contributed by atoms with Gasteiger partial charge in [-0.25, -0.2) is 4.79 Å². The van der Waals surface area contributed by atoms with E-state index < -0.39 is 23.5 Å². The van der Waals surface area contributed by atoms with Crippen molar-refractivity contribution in [2.45, 2.75) is 43.7 Å². The van der Waals surface area contributed by atoms with Gasteiger partial charge in [0.25, 0.3) is 0 Å². The molecule has 3 aliphatic rings. The van der Waals surface area contributed by atoms with Crippen molar-refractivity contribution < 1.29 is 29.0 Å². The minimum absolute atomic E-state index is 0.0724. The minimum Gasteiger partial charge on any atom is -0.481 e. The summed E-state index contributed by atoms with van der Waals surface area (Å²) in [6.45, 7) is 0.442. The number of rotatable bonds is 9. The zero-order valence-electron chi connectivity index (χ0n) is 19.7. The summed E-state index contributed by atoms with van der Waals surface area (Å²) in [7, 11) is 1.53. The highest BCUT2D eigenvalue weighted by Gasteiger charge is 2.65. The lowest BCUT2D eigenvalue weighted by atomic mass is 9.98. The molecule has 2 fully saturated rings. The molecule has 0 aliphatic heterocycles. The molecular formula is C27H30N2O6. The van der Waals surface area contributed by atoms with Crippen LogP contribution in [0.2, 0.25) is 0 Å². The number of carbonyl (C=O) groups excluding carboxylic acids is 2. The Balaban J connectivity index is 1.19. The highest BCUT2D eigenvalue weighted by Crippen LogP contribution is 2.63. The fraction of sp³-hybridized carbons (Fsp3) is 0.444. The molecule has 0 saturated heterocycles. The van der Waals surface area contributed by atoms with E-state index in [1.165, 1.54) is 7.11 Å². The van der Waals surface area contributed by atoms with Crippen LogP contribution in [0.5, 0.6) is 0 Å². The molecule has 4 atom stereocenters. The molecule has 8 nitrogen and oxygen atoms in total. The van der Waals surface area contributed by atoms with Crippen LogP contribution in [0.15, 0.2) is 48.5 Å². The number of nitrogens with one attached hydrogen (secondary N) is 2. The van der Waals surface area contributed by atoms with Gasteiger partial charge in [-0.3, -0.25) is 9.59 Å². The molecular weight excluding hydrogens is 448 g/mol. The van der Waals surface area contributed by atoms with Gasteiger partial charge in [0.1, 0.15) is 12.6 Å². The van der Waals surface area contributed by atoms with E-state index in [1.807, 2.05) is 36.4 Å². The number of carboxylic acid groups (broad SMARTS) is 1. The first kappa shape index (κ1) is 23.4. The second-order valence-corrected chi connectivity index (χ2v) is 9.81. The molecule has 5 rings (SSSR count). The average Bonchev–Trinajstić information content (AvgIpc) is 3.28. The van der Waals surface area contributed by atoms with Gasteiger partial charge in [-0.1, -0.05) is 48.5 Å². The van der Waals surface area contributed by atoms with Crippen LogP contribution in [0, 0.1) is 11.3 Å². The molecule has 4 unspecified atom stereocenters. The Hall–Kier alpha value is -3.39. The second-order valence-electron chi connectivity index (χ2n) is 9.81. The lowest BCUT2D eigenvalue weighted by Crippen LogP contribution is -2.50. The first-order valence-corrected chi connectivity index (χ1v) is 12.1. The third kappa shape index (κ3) is 4.38. The molecule has 0 spiro atoms. The highest BCUT2D eigenvalue weighted by atomic mass is 16.5. The molecule has 3 aliphatic carbocycles. The summed E-state index contributed by atoms with van der Waals surface area (Å²) in [5, 5.41) is 15.1. The van der Waals surface area contributed by atoms with Gasteiger partial charge in [-0.2, -0.15) is 0 Å². The maximum absolute atomic E-state index is 12.9. The quantitative estimate of drug-likeness (QED) is 0.510. The van der Waals surface area contributed by atoms with Crippen molar-refractivity contribution in [2.24, 2.45) is 11.3 Å². The Morgan fingerprint density at radius 1 is 1.06 bits per heavy atom. The van der Waals surface area contributed by atoms with Crippen molar-refractivity contribution in [1.29, 1.82) is 0 Å². The molecule has 184 valence electrons. The number of carboxylic acids is 1. The third-order valence-electron chi connectivity index (χ3n) is 7.75. The Bertz CT molecular complexity index is 1100. The number of alkyl carbamates (subject to hydrolysis) is 1. The maximum Gasteiger partial charge on any atom is 0.407 e. The predicted molar refractivity (Wildman–Crippen MR) is 128 cm³/mol. The van der Waals surface area contributed by atoms with Crippen LogP contribution in [0.1, 0.15) is 42.7 Å². The van der Waals surface area contributed by atoms with Gasteiger partial charge >= 0.3 is 12.1 Å². The van der Waals surface area contributed by atoms with E-state index in [0.29, 0.717) is 19.3 Å². The van der Waals surface area contributed by atoms with Crippen molar-refractivity contribution in [3.05, 3.63) is 59.7 Å². The number of methoxy groups -OCH3 is 1. The van der Waals surface area contributed by atoms with Crippen molar-refractivity contribution in [3.63, 3.8) is 0 Å². The van der Waals surface area contributed by atoms with Gasteiger partial charge in [0.2, 0.25) is 5.91 Å². The number of ether oxygens (including phenoxy) is 2. The maximum atomic E-state index is 12.9. The number of hydrogen-bond acceptors (Lipinski definition) is 5. The lowest BCUT2D eigenvalue weighted by molar-refractivity contribution is -0.143. The van der Waals surface area contributed by atoms with Gasteiger partial charge in [-0.05, 0) is 47.4 Å². The normalized spacial score (nSPS) is 24.6. The van der Waals surface area contributed by atoms with Crippen molar-refractivity contribution in [2.75, 3.05) is 20.3 Å². The molecule has 35 heavy (non-hydrogen) atoms. The minimum atomic E-state index is -0.830. The molecule has 2 amide bonds. The van der Waals surface area contributed by atoms with E-state index in [2.05, 4.69) is 22.8 Å². The predicted octanol–water partition coefficient (Wildman–Crippen LogP) is 3.30. The zero-order chi connectivity index (χ0) is 24.6.